The van der Waals surface area contributed by atoms with Crippen molar-refractivity contribution in [2.75, 3.05) is 5.32 Å². The van der Waals surface area contributed by atoms with Crippen LogP contribution in [0.15, 0.2) is 42.5 Å². The van der Waals surface area contributed by atoms with Crippen molar-refractivity contribution in [1.29, 1.82) is 0 Å². The van der Waals surface area contributed by atoms with E-state index in [0.717, 1.165) is 21.7 Å². The number of para-hydroxylation sites is 1. The molecule has 0 spiro atoms. The van der Waals surface area contributed by atoms with Crippen LogP contribution in [0.4, 0.5) is 5.69 Å². The van der Waals surface area contributed by atoms with Crippen molar-refractivity contribution in [3.8, 4) is 0 Å². The van der Waals surface area contributed by atoms with E-state index in [9.17, 15) is 14.4 Å². The molecule has 0 saturated carbocycles. The standard InChI is InChI=1S/C24H28N2O3/c1-14(2)13-20(26-23(28)18-10-6-7-11-19(18)24(26)29)22(27)25-21-16(5)9-8-12-17(21)15(3)4/h6-12,14-15,20H,13H2,1-5H3,(H,25,27)/t20-/m1/s1. The van der Waals surface area contributed by atoms with E-state index in [1.807, 2.05) is 39.0 Å². The zero-order valence-electron chi connectivity index (χ0n) is 17.7. The zero-order valence-corrected chi connectivity index (χ0v) is 17.7. The topological polar surface area (TPSA) is 66.5 Å². The predicted octanol–water partition coefficient (Wildman–Crippen LogP) is 4.77. The molecule has 0 fully saturated rings. The van der Waals surface area contributed by atoms with Gasteiger partial charge in [-0.1, -0.05) is 58.0 Å². The number of carbonyl (C=O) groups is 3. The summed E-state index contributed by atoms with van der Waals surface area (Å²) in [5, 5.41) is 3.03. The van der Waals surface area contributed by atoms with Gasteiger partial charge in [0.1, 0.15) is 6.04 Å². The normalized spacial score (nSPS) is 14.5. The van der Waals surface area contributed by atoms with Crippen molar-refractivity contribution in [3.05, 3.63) is 64.7 Å². The van der Waals surface area contributed by atoms with Gasteiger partial charge in [0.05, 0.1) is 11.1 Å². The molecule has 5 nitrogen and oxygen atoms in total. The fraction of sp³-hybridized carbons (Fsp3) is 0.375. The quantitative estimate of drug-likeness (QED) is 0.720. The van der Waals surface area contributed by atoms with Crippen LogP contribution in [0.2, 0.25) is 0 Å². The van der Waals surface area contributed by atoms with Crippen molar-refractivity contribution >= 4 is 23.4 Å². The van der Waals surface area contributed by atoms with Crippen molar-refractivity contribution in [2.45, 2.75) is 53.0 Å². The Morgan fingerprint density at radius 2 is 1.52 bits per heavy atom. The Morgan fingerprint density at radius 3 is 2.03 bits per heavy atom. The molecule has 152 valence electrons. The number of aryl methyl sites for hydroxylation is 1. The third-order valence-corrected chi connectivity index (χ3v) is 5.31. The Kier molecular flexibility index (Phi) is 5.87. The SMILES string of the molecule is Cc1cccc(C(C)C)c1NC(=O)[C@@H](CC(C)C)N1C(=O)c2ccccc2C1=O. The molecule has 29 heavy (non-hydrogen) atoms. The molecule has 0 saturated heterocycles. The number of rotatable bonds is 6. The summed E-state index contributed by atoms with van der Waals surface area (Å²) in [5.41, 5.74) is 3.47. The first-order valence-electron chi connectivity index (χ1n) is 10.1. The highest BCUT2D eigenvalue weighted by atomic mass is 16.2. The van der Waals surface area contributed by atoms with E-state index in [1.54, 1.807) is 24.3 Å². The second-order valence-corrected chi connectivity index (χ2v) is 8.35. The first-order chi connectivity index (χ1) is 13.7. The first-order valence-corrected chi connectivity index (χ1v) is 10.1. The van der Waals surface area contributed by atoms with E-state index >= 15 is 0 Å². The molecule has 5 heteroatoms. The summed E-state index contributed by atoms with van der Waals surface area (Å²) in [7, 11) is 0. The summed E-state index contributed by atoms with van der Waals surface area (Å²) in [6, 6.07) is 11.8. The van der Waals surface area contributed by atoms with Gasteiger partial charge in [0, 0.05) is 5.69 Å². The summed E-state index contributed by atoms with van der Waals surface area (Å²) in [4.78, 5) is 40.4. The minimum atomic E-state index is -0.859. The van der Waals surface area contributed by atoms with E-state index in [1.165, 1.54) is 0 Å². The molecular formula is C24H28N2O3. The number of amides is 3. The van der Waals surface area contributed by atoms with E-state index in [4.69, 9.17) is 0 Å². The fourth-order valence-corrected chi connectivity index (χ4v) is 3.82. The fourth-order valence-electron chi connectivity index (χ4n) is 3.82. The average molecular weight is 392 g/mol. The molecular weight excluding hydrogens is 364 g/mol. The summed E-state index contributed by atoms with van der Waals surface area (Å²) in [6.45, 7) is 10.0. The van der Waals surface area contributed by atoms with Gasteiger partial charge in [-0.25, -0.2) is 0 Å². The number of hydrogen-bond donors (Lipinski definition) is 1. The highest BCUT2D eigenvalue weighted by Gasteiger charge is 2.42. The third-order valence-electron chi connectivity index (χ3n) is 5.31. The Morgan fingerprint density at radius 1 is 0.931 bits per heavy atom. The van der Waals surface area contributed by atoms with E-state index in [-0.39, 0.29) is 17.7 Å². The van der Waals surface area contributed by atoms with Crippen LogP contribution in [-0.4, -0.2) is 28.7 Å². The van der Waals surface area contributed by atoms with Crippen LogP contribution in [0.3, 0.4) is 0 Å². The number of imide groups is 1. The maximum absolute atomic E-state index is 13.3. The Balaban J connectivity index is 1.96. The third kappa shape index (κ3) is 3.95. The van der Waals surface area contributed by atoms with E-state index in [0.29, 0.717) is 17.5 Å². The lowest BCUT2D eigenvalue weighted by molar-refractivity contribution is -0.120. The maximum atomic E-state index is 13.3. The van der Waals surface area contributed by atoms with Crippen LogP contribution in [-0.2, 0) is 4.79 Å². The molecule has 0 unspecified atom stereocenters. The molecule has 1 heterocycles. The van der Waals surface area contributed by atoms with Gasteiger partial charge >= 0.3 is 0 Å². The largest absolute Gasteiger partial charge is 0.324 e. The molecule has 3 rings (SSSR count). The van der Waals surface area contributed by atoms with Crippen LogP contribution in [0.25, 0.3) is 0 Å². The summed E-state index contributed by atoms with van der Waals surface area (Å²) in [5.74, 6) is -0.769. The molecule has 1 aliphatic heterocycles. The highest BCUT2D eigenvalue weighted by Crippen LogP contribution is 2.30. The summed E-state index contributed by atoms with van der Waals surface area (Å²) < 4.78 is 0. The number of nitrogens with one attached hydrogen (secondary N) is 1. The van der Waals surface area contributed by atoms with E-state index < -0.39 is 17.9 Å². The van der Waals surface area contributed by atoms with Crippen LogP contribution in [0.5, 0.6) is 0 Å². The van der Waals surface area contributed by atoms with Gasteiger partial charge in [0.25, 0.3) is 11.8 Å². The number of benzene rings is 2. The minimum Gasteiger partial charge on any atom is -0.324 e. The molecule has 3 amide bonds. The van der Waals surface area contributed by atoms with Crippen molar-refractivity contribution in [3.63, 3.8) is 0 Å². The van der Waals surface area contributed by atoms with Crippen LogP contribution >= 0.6 is 0 Å². The van der Waals surface area contributed by atoms with E-state index in [2.05, 4.69) is 19.2 Å². The second-order valence-electron chi connectivity index (χ2n) is 8.35. The van der Waals surface area contributed by atoms with Gasteiger partial charge in [-0.3, -0.25) is 19.3 Å². The van der Waals surface area contributed by atoms with Crippen LogP contribution in [0.1, 0.15) is 71.9 Å². The molecule has 1 N–H and O–H groups in total. The van der Waals surface area contributed by atoms with Gasteiger partial charge < -0.3 is 5.32 Å². The number of fused-ring (bicyclic) bond motifs is 1. The van der Waals surface area contributed by atoms with Gasteiger partial charge in [0.15, 0.2) is 0 Å². The Labute approximate surface area is 172 Å². The number of hydrogen-bond acceptors (Lipinski definition) is 3. The van der Waals surface area contributed by atoms with Crippen molar-refractivity contribution < 1.29 is 14.4 Å². The average Bonchev–Trinajstić information content (AvgIpc) is 2.92. The van der Waals surface area contributed by atoms with Gasteiger partial charge in [-0.05, 0) is 48.4 Å². The lowest BCUT2D eigenvalue weighted by Gasteiger charge is -2.28. The molecule has 1 aliphatic rings. The lowest BCUT2D eigenvalue weighted by Crippen LogP contribution is -2.48. The predicted molar refractivity (Wildman–Crippen MR) is 114 cm³/mol. The molecule has 0 bridgehead atoms. The zero-order chi connectivity index (χ0) is 21.3. The number of anilines is 1. The number of carbonyl (C=O) groups excluding carboxylic acids is 3. The molecule has 1 atom stereocenters. The summed E-state index contributed by atoms with van der Waals surface area (Å²) >= 11 is 0. The minimum absolute atomic E-state index is 0.136. The molecule has 2 aromatic carbocycles. The van der Waals surface area contributed by atoms with Crippen molar-refractivity contribution in [1.82, 2.24) is 4.90 Å². The van der Waals surface area contributed by atoms with Crippen LogP contribution in [0, 0.1) is 12.8 Å². The summed E-state index contributed by atoms with van der Waals surface area (Å²) in [6.07, 6.45) is 0.403. The molecule has 0 radical (unpaired) electrons. The van der Waals surface area contributed by atoms with Gasteiger partial charge in [0.2, 0.25) is 5.91 Å². The Hall–Kier alpha value is -2.95. The van der Waals surface area contributed by atoms with Crippen LogP contribution < -0.4 is 5.32 Å². The molecule has 0 aliphatic carbocycles. The maximum Gasteiger partial charge on any atom is 0.262 e. The first kappa shape index (κ1) is 20.8. The second kappa shape index (κ2) is 8.19. The highest BCUT2D eigenvalue weighted by molar-refractivity contribution is 6.23. The van der Waals surface area contributed by atoms with Crippen molar-refractivity contribution in [2.24, 2.45) is 5.92 Å². The smallest absolute Gasteiger partial charge is 0.262 e. The monoisotopic (exact) mass is 392 g/mol. The Bertz CT molecular complexity index is 927. The lowest BCUT2D eigenvalue weighted by atomic mass is 9.97. The molecule has 0 aromatic heterocycles. The molecule has 2 aromatic rings. The van der Waals surface area contributed by atoms with Gasteiger partial charge in [-0.15, -0.1) is 0 Å². The van der Waals surface area contributed by atoms with Gasteiger partial charge in [-0.2, -0.15) is 0 Å². The number of nitrogens with zero attached hydrogens (tertiary/aromatic N) is 1.